The molecule has 0 saturated carbocycles. The van der Waals surface area contributed by atoms with Gasteiger partial charge in [-0.2, -0.15) is 0 Å². The highest BCUT2D eigenvalue weighted by Crippen LogP contribution is 2.32. The fraction of sp³-hybridized carbons (Fsp3) is 0.538. The third kappa shape index (κ3) is 2.55. The highest BCUT2D eigenvalue weighted by atomic mass is 35.5. The molecular formula is C13H17Cl3N4. The second kappa shape index (κ2) is 5.29. The molecule has 0 N–H and O–H groups in total. The molecule has 0 unspecified atom stereocenters. The maximum Gasteiger partial charge on any atom is 0.139 e. The summed E-state index contributed by atoms with van der Waals surface area (Å²) in [5, 5.41) is 1.50. The van der Waals surface area contributed by atoms with Gasteiger partial charge in [0.15, 0.2) is 0 Å². The van der Waals surface area contributed by atoms with Crippen molar-refractivity contribution < 1.29 is 16.9 Å². The number of hydrogen-bond acceptors (Lipinski definition) is 3. The predicted molar refractivity (Wildman–Crippen MR) is 75.1 cm³/mol. The van der Waals surface area contributed by atoms with Gasteiger partial charge in [0, 0.05) is 10.6 Å². The number of quaternary nitrogens is 1. The molecule has 4 heterocycles. The molecule has 4 aliphatic heterocycles. The summed E-state index contributed by atoms with van der Waals surface area (Å²) in [6.07, 6.45) is 0. The van der Waals surface area contributed by atoms with E-state index in [0.29, 0.717) is 5.02 Å². The van der Waals surface area contributed by atoms with Crippen LogP contribution in [0.25, 0.3) is 0 Å². The first-order valence-corrected chi connectivity index (χ1v) is 7.34. The van der Waals surface area contributed by atoms with E-state index < -0.39 is 0 Å². The van der Waals surface area contributed by atoms with E-state index in [2.05, 4.69) is 20.8 Å². The molecule has 5 rings (SSSR count). The standard InChI is InChI=1S/C13H17Cl2N4.ClH/c14-12-2-1-11(13(15)3-12)4-19-8-16-5-17(9-19)7-18(6-16)10-19;/h1-3H,4-10H2;1H/q+1;/p-1. The van der Waals surface area contributed by atoms with Gasteiger partial charge in [-0.25, -0.2) is 14.7 Å². The lowest BCUT2D eigenvalue weighted by Crippen LogP contribution is -3.00. The van der Waals surface area contributed by atoms with Gasteiger partial charge >= 0.3 is 0 Å². The van der Waals surface area contributed by atoms with Crippen molar-refractivity contribution >= 4 is 23.2 Å². The molecule has 4 aliphatic rings. The van der Waals surface area contributed by atoms with Gasteiger partial charge in [0.1, 0.15) is 26.6 Å². The molecule has 110 valence electrons. The van der Waals surface area contributed by atoms with Crippen LogP contribution in [0.15, 0.2) is 18.2 Å². The second-order valence-electron chi connectivity index (χ2n) is 6.10. The van der Waals surface area contributed by atoms with E-state index in [1.54, 1.807) is 0 Å². The Balaban J connectivity index is 0.00000121. The van der Waals surface area contributed by atoms with Crippen LogP contribution < -0.4 is 12.4 Å². The topological polar surface area (TPSA) is 9.72 Å². The van der Waals surface area contributed by atoms with E-state index in [-0.39, 0.29) is 12.4 Å². The quantitative estimate of drug-likeness (QED) is 0.643. The Morgan fingerprint density at radius 1 is 0.950 bits per heavy atom. The van der Waals surface area contributed by atoms with Crippen LogP contribution in [0.1, 0.15) is 5.56 Å². The predicted octanol–water partition coefficient (Wildman–Crippen LogP) is -0.994. The highest BCUT2D eigenvalue weighted by Gasteiger charge is 2.48. The smallest absolute Gasteiger partial charge is 0.139 e. The van der Waals surface area contributed by atoms with E-state index >= 15 is 0 Å². The van der Waals surface area contributed by atoms with Crippen LogP contribution in [0.2, 0.25) is 10.0 Å². The van der Waals surface area contributed by atoms with Crippen LogP contribution in [0.5, 0.6) is 0 Å². The van der Waals surface area contributed by atoms with E-state index in [4.69, 9.17) is 23.2 Å². The number of nitrogens with zero attached hydrogens (tertiary/aromatic N) is 4. The summed E-state index contributed by atoms with van der Waals surface area (Å²) in [4.78, 5) is 7.54. The molecule has 7 heteroatoms. The van der Waals surface area contributed by atoms with Crippen molar-refractivity contribution in [2.75, 3.05) is 40.0 Å². The van der Waals surface area contributed by atoms with Crippen LogP contribution in [-0.4, -0.2) is 59.2 Å². The van der Waals surface area contributed by atoms with Crippen molar-refractivity contribution in [3.8, 4) is 0 Å². The lowest BCUT2D eigenvalue weighted by Gasteiger charge is -2.60. The molecule has 1 aromatic carbocycles. The molecule has 20 heavy (non-hydrogen) atoms. The monoisotopic (exact) mass is 334 g/mol. The number of rotatable bonds is 2. The molecule has 1 aromatic rings. The summed E-state index contributed by atoms with van der Waals surface area (Å²) in [6, 6.07) is 5.86. The average Bonchev–Trinajstić information content (AvgIpc) is 2.31. The number of halogens is 3. The van der Waals surface area contributed by atoms with Crippen molar-refractivity contribution in [3.05, 3.63) is 33.8 Å². The Hall–Kier alpha value is -0.0700. The van der Waals surface area contributed by atoms with Crippen molar-refractivity contribution in [2.24, 2.45) is 0 Å². The van der Waals surface area contributed by atoms with Gasteiger partial charge in [-0.15, -0.1) is 0 Å². The van der Waals surface area contributed by atoms with Crippen LogP contribution >= 0.6 is 23.2 Å². The average molecular weight is 336 g/mol. The zero-order valence-corrected chi connectivity index (χ0v) is 13.4. The van der Waals surface area contributed by atoms with E-state index in [0.717, 1.165) is 56.1 Å². The first-order valence-electron chi connectivity index (χ1n) is 6.58. The first-order chi connectivity index (χ1) is 9.12. The van der Waals surface area contributed by atoms with Crippen LogP contribution in [0.3, 0.4) is 0 Å². The second-order valence-corrected chi connectivity index (χ2v) is 6.94. The highest BCUT2D eigenvalue weighted by molar-refractivity contribution is 6.35. The van der Waals surface area contributed by atoms with Crippen molar-refractivity contribution in [2.45, 2.75) is 6.54 Å². The molecule has 0 aliphatic carbocycles. The molecule has 4 fully saturated rings. The zero-order chi connectivity index (χ0) is 13.0. The van der Waals surface area contributed by atoms with Crippen molar-refractivity contribution in [1.29, 1.82) is 0 Å². The van der Waals surface area contributed by atoms with Gasteiger partial charge in [-0.1, -0.05) is 29.3 Å². The van der Waals surface area contributed by atoms with Crippen molar-refractivity contribution in [3.63, 3.8) is 0 Å². The summed E-state index contributed by atoms with van der Waals surface area (Å²) in [5.74, 6) is 0. The Labute approximate surface area is 135 Å². The lowest BCUT2D eigenvalue weighted by molar-refractivity contribution is -0.991. The zero-order valence-electron chi connectivity index (χ0n) is 11.1. The van der Waals surface area contributed by atoms with Crippen LogP contribution in [-0.2, 0) is 6.54 Å². The fourth-order valence-electron chi connectivity index (χ4n) is 3.82. The molecule has 4 bridgehead atoms. The Morgan fingerprint density at radius 3 is 2.00 bits per heavy atom. The maximum absolute atomic E-state index is 6.33. The van der Waals surface area contributed by atoms with Gasteiger partial charge in [0.25, 0.3) is 0 Å². The summed E-state index contributed by atoms with van der Waals surface area (Å²) < 4.78 is 1.07. The van der Waals surface area contributed by atoms with Gasteiger partial charge < -0.3 is 12.4 Å². The Morgan fingerprint density at radius 2 is 1.50 bits per heavy atom. The number of benzene rings is 1. The molecule has 0 spiro atoms. The molecule has 0 atom stereocenters. The van der Waals surface area contributed by atoms with Gasteiger partial charge in [0.05, 0.1) is 25.0 Å². The van der Waals surface area contributed by atoms with Crippen molar-refractivity contribution in [1.82, 2.24) is 14.7 Å². The third-order valence-corrected chi connectivity index (χ3v) is 4.81. The summed E-state index contributed by atoms with van der Waals surface area (Å²) in [7, 11) is 0. The first kappa shape index (κ1) is 14.9. The minimum atomic E-state index is 0. The molecule has 4 nitrogen and oxygen atoms in total. The molecule has 0 amide bonds. The van der Waals surface area contributed by atoms with E-state index in [1.807, 2.05) is 12.1 Å². The van der Waals surface area contributed by atoms with E-state index in [1.165, 1.54) is 5.56 Å². The lowest BCUT2D eigenvalue weighted by atomic mass is 10.1. The third-order valence-electron chi connectivity index (χ3n) is 4.22. The van der Waals surface area contributed by atoms with Crippen LogP contribution in [0, 0.1) is 0 Å². The normalized spacial score (nSPS) is 37.8. The van der Waals surface area contributed by atoms with Crippen LogP contribution in [0.4, 0.5) is 0 Å². The van der Waals surface area contributed by atoms with Gasteiger partial charge in [-0.05, 0) is 12.1 Å². The molecule has 0 radical (unpaired) electrons. The summed E-state index contributed by atoms with van der Waals surface area (Å²) in [6.45, 7) is 7.73. The summed E-state index contributed by atoms with van der Waals surface area (Å²) >= 11 is 12.3. The molecule has 0 aromatic heterocycles. The van der Waals surface area contributed by atoms with E-state index in [9.17, 15) is 0 Å². The largest absolute Gasteiger partial charge is 1.00 e. The minimum Gasteiger partial charge on any atom is -1.00 e. The Bertz CT molecular complexity index is 487. The van der Waals surface area contributed by atoms with Gasteiger partial charge in [-0.3, -0.25) is 4.48 Å². The molecular weight excluding hydrogens is 319 g/mol. The fourth-order valence-corrected chi connectivity index (χ4v) is 4.29. The Kier molecular flexibility index (Phi) is 3.93. The van der Waals surface area contributed by atoms with Gasteiger partial charge in [0.2, 0.25) is 0 Å². The maximum atomic E-state index is 6.33. The summed E-state index contributed by atoms with van der Waals surface area (Å²) in [5.41, 5.74) is 1.21. The molecule has 4 saturated heterocycles. The number of hydrogen-bond donors (Lipinski definition) is 0. The minimum absolute atomic E-state index is 0. The SMILES string of the molecule is Clc1ccc(C[N+]23CN4CN(CN(C4)C2)C3)c(Cl)c1.[Cl-].